The minimum absolute atomic E-state index is 0.253. The third-order valence-corrected chi connectivity index (χ3v) is 7.35. The summed E-state index contributed by atoms with van der Waals surface area (Å²) in [6, 6.07) is 15.6. The summed E-state index contributed by atoms with van der Waals surface area (Å²) >= 11 is 0. The molecule has 1 N–H and O–H groups in total. The Morgan fingerprint density at radius 2 is 0.950 bits per heavy atom. The Balaban J connectivity index is 1.54. The summed E-state index contributed by atoms with van der Waals surface area (Å²) in [4.78, 5) is 0. The quantitative estimate of drug-likeness (QED) is 0.0798. The first-order valence-electron chi connectivity index (χ1n) is 15.8. The molecule has 0 spiro atoms. The minimum atomic E-state index is 0.253. The Kier molecular flexibility index (Phi) is 18.0. The Labute approximate surface area is 244 Å². The largest absolute Gasteiger partial charge is 0.494 e. The summed E-state index contributed by atoms with van der Waals surface area (Å²) < 4.78 is 12.7. The number of rotatable bonds is 24. The van der Waals surface area contributed by atoms with Gasteiger partial charge in [0.2, 0.25) is 0 Å². The lowest BCUT2D eigenvalue weighted by molar-refractivity contribution is -0.890. The van der Waals surface area contributed by atoms with E-state index in [9.17, 15) is 0 Å². The molecule has 0 saturated heterocycles. The molecule has 0 atom stereocenters. The van der Waals surface area contributed by atoms with Gasteiger partial charge in [0.1, 0.15) is 18.0 Å². The second kappa shape index (κ2) is 21.3. The maximum Gasteiger partial charge on any atom is 0.119 e. The van der Waals surface area contributed by atoms with Gasteiger partial charge >= 0.3 is 0 Å². The first-order chi connectivity index (χ1) is 19.5. The summed E-state index contributed by atoms with van der Waals surface area (Å²) in [7, 11) is 4.35. The SMILES string of the molecule is CCCCCCCCCCCCOc1ccc(N=Nc2ccc(OCCCCCC[N+](C)(C)CCO)cc2)cc1. The van der Waals surface area contributed by atoms with Gasteiger partial charge in [-0.3, -0.25) is 0 Å². The van der Waals surface area contributed by atoms with Crippen LogP contribution in [0, 0.1) is 0 Å². The number of aliphatic hydroxyl groups is 1. The molecule has 40 heavy (non-hydrogen) atoms. The Hall–Kier alpha value is -2.44. The highest BCUT2D eigenvalue weighted by Crippen LogP contribution is 2.23. The molecular weight excluding hydrogens is 498 g/mol. The third kappa shape index (κ3) is 16.6. The van der Waals surface area contributed by atoms with E-state index in [1.165, 1.54) is 70.6 Å². The maximum atomic E-state index is 9.11. The number of nitrogens with zero attached hydrogens (tertiary/aromatic N) is 3. The van der Waals surface area contributed by atoms with Gasteiger partial charge in [-0.25, -0.2) is 0 Å². The second-order valence-electron chi connectivity index (χ2n) is 11.6. The van der Waals surface area contributed by atoms with Crippen molar-refractivity contribution >= 4 is 11.4 Å². The van der Waals surface area contributed by atoms with Crippen molar-refractivity contribution < 1.29 is 19.1 Å². The molecule has 2 aromatic rings. The zero-order valence-corrected chi connectivity index (χ0v) is 25.7. The van der Waals surface area contributed by atoms with Crippen LogP contribution in [0.2, 0.25) is 0 Å². The van der Waals surface area contributed by atoms with E-state index in [1.54, 1.807) is 0 Å². The van der Waals surface area contributed by atoms with E-state index in [1.807, 2.05) is 48.5 Å². The fourth-order valence-corrected chi connectivity index (χ4v) is 4.68. The molecule has 0 aliphatic rings. The average molecular weight is 555 g/mol. The molecule has 0 aliphatic carbocycles. The zero-order chi connectivity index (χ0) is 28.7. The van der Waals surface area contributed by atoms with Crippen molar-refractivity contribution in [3.05, 3.63) is 48.5 Å². The molecule has 0 unspecified atom stereocenters. The van der Waals surface area contributed by atoms with E-state index in [2.05, 4.69) is 31.2 Å². The molecule has 2 aromatic carbocycles. The van der Waals surface area contributed by atoms with Gasteiger partial charge < -0.3 is 19.1 Å². The van der Waals surface area contributed by atoms with Gasteiger partial charge in [-0.2, -0.15) is 10.2 Å². The number of aliphatic hydroxyl groups excluding tert-OH is 1. The molecule has 0 fully saturated rings. The maximum absolute atomic E-state index is 9.11. The number of azo groups is 1. The van der Waals surface area contributed by atoms with Gasteiger partial charge in [0, 0.05) is 0 Å². The molecule has 6 nitrogen and oxygen atoms in total. The van der Waals surface area contributed by atoms with E-state index in [0.717, 1.165) is 72.9 Å². The van der Waals surface area contributed by atoms with Crippen molar-refractivity contribution in [2.75, 3.05) is 47.0 Å². The molecule has 0 amide bonds. The van der Waals surface area contributed by atoms with Crippen LogP contribution in [-0.2, 0) is 0 Å². The first-order valence-corrected chi connectivity index (χ1v) is 15.8. The van der Waals surface area contributed by atoms with Gasteiger partial charge in [-0.05, 0) is 80.6 Å². The van der Waals surface area contributed by atoms with Crippen LogP contribution in [0.3, 0.4) is 0 Å². The smallest absolute Gasteiger partial charge is 0.119 e. The molecule has 0 heterocycles. The summed E-state index contributed by atoms with van der Waals surface area (Å²) in [6.07, 6.45) is 17.9. The molecule has 0 saturated carbocycles. The van der Waals surface area contributed by atoms with Crippen molar-refractivity contribution in [2.24, 2.45) is 10.2 Å². The molecule has 0 bridgehead atoms. The number of hydrogen-bond donors (Lipinski definition) is 1. The lowest BCUT2D eigenvalue weighted by atomic mass is 10.1. The van der Waals surface area contributed by atoms with Crippen molar-refractivity contribution in [2.45, 2.75) is 96.8 Å². The number of unbranched alkanes of at least 4 members (excludes halogenated alkanes) is 12. The third-order valence-electron chi connectivity index (χ3n) is 7.35. The minimum Gasteiger partial charge on any atom is -0.494 e. The summed E-state index contributed by atoms with van der Waals surface area (Å²) in [5, 5.41) is 17.8. The molecule has 2 rings (SSSR count). The number of benzene rings is 2. The Morgan fingerprint density at radius 3 is 1.38 bits per heavy atom. The monoisotopic (exact) mass is 554 g/mol. The standard InChI is InChI=1S/C34H56N3O3/c1-4-5-6-7-8-9-10-11-13-16-29-39-33-22-18-31(19-23-33)35-36-32-20-24-34(25-21-32)40-30-17-14-12-15-26-37(2,3)27-28-38/h18-25,38H,4-17,26-30H2,1-3H3/q+1. The van der Waals surface area contributed by atoms with Crippen LogP contribution in [0.1, 0.15) is 96.8 Å². The molecule has 0 aliphatic heterocycles. The summed E-state index contributed by atoms with van der Waals surface area (Å²) in [5.41, 5.74) is 1.61. The van der Waals surface area contributed by atoms with E-state index in [4.69, 9.17) is 14.6 Å². The van der Waals surface area contributed by atoms with Crippen LogP contribution >= 0.6 is 0 Å². The van der Waals surface area contributed by atoms with Gasteiger partial charge in [-0.15, -0.1) is 0 Å². The normalized spacial score (nSPS) is 11.8. The zero-order valence-electron chi connectivity index (χ0n) is 25.7. The van der Waals surface area contributed by atoms with Crippen molar-refractivity contribution in [1.29, 1.82) is 0 Å². The van der Waals surface area contributed by atoms with Crippen molar-refractivity contribution in [1.82, 2.24) is 0 Å². The van der Waals surface area contributed by atoms with Crippen molar-refractivity contribution in [3.63, 3.8) is 0 Å². The molecule has 0 aromatic heterocycles. The van der Waals surface area contributed by atoms with Crippen LogP contribution in [0.4, 0.5) is 11.4 Å². The van der Waals surface area contributed by atoms with Gasteiger partial charge in [-0.1, -0.05) is 64.7 Å². The lowest BCUT2D eigenvalue weighted by Gasteiger charge is -2.28. The van der Waals surface area contributed by atoms with Crippen LogP contribution in [0.15, 0.2) is 58.8 Å². The molecule has 6 heteroatoms. The molecular formula is C34H56N3O3+. The van der Waals surface area contributed by atoms with Gasteiger partial charge in [0.25, 0.3) is 0 Å². The number of quaternary nitrogens is 1. The fourth-order valence-electron chi connectivity index (χ4n) is 4.68. The van der Waals surface area contributed by atoms with Crippen molar-refractivity contribution in [3.8, 4) is 11.5 Å². The highest BCUT2D eigenvalue weighted by atomic mass is 16.5. The van der Waals surface area contributed by atoms with Crippen LogP contribution < -0.4 is 9.47 Å². The topological polar surface area (TPSA) is 63.4 Å². The summed E-state index contributed by atoms with van der Waals surface area (Å²) in [6.45, 7) is 5.95. The Morgan fingerprint density at radius 1 is 0.550 bits per heavy atom. The number of hydrogen-bond acceptors (Lipinski definition) is 5. The highest BCUT2D eigenvalue weighted by Gasteiger charge is 2.12. The summed E-state index contributed by atoms with van der Waals surface area (Å²) in [5.74, 6) is 1.75. The highest BCUT2D eigenvalue weighted by molar-refractivity contribution is 5.44. The predicted octanol–water partition coefficient (Wildman–Crippen LogP) is 9.41. The average Bonchev–Trinajstić information content (AvgIpc) is 2.95. The number of likely N-dealkylation sites (N-methyl/N-ethyl adjacent to an activating group) is 1. The first kappa shape index (κ1) is 33.8. The lowest BCUT2D eigenvalue weighted by Crippen LogP contribution is -2.42. The van der Waals surface area contributed by atoms with Gasteiger partial charge in [0.15, 0.2) is 0 Å². The number of ether oxygens (including phenoxy) is 2. The fraction of sp³-hybridized carbons (Fsp3) is 0.647. The second-order valence-corrected chi connectivity index (χ2v) is 11.6. The van der Waals surface area contributed by atoms with Crippen LogP contribution in [-0.4, -0.2) is 56.6 Å². The van der Waals surface area contributed by atoms with E-state index >= 15 is 0 Å². The Bertz CT molecular complexity index is 898. The van der Waals surface area contributed by atoms with Gasteiger partial charge in [0.05, 0.1) is 51.8 Å². The molecule has 224 valence electrons. The predicted molar refractivity (Wildman–Crippen MR) is 167 cm³/mol. The van der Waals surface area contributed by atoms with E-state index in [-0.39, 0.29) is 6.61 Å². The van der Waals surface area contributed by atoms with E-state index < -0.39 is 0 Å². The van der Waals surface area contributed by atoms with Crippen LogP contribution in [0.5, 0.6) is 11.5 Å². The van der Waals surface area contributed by atoms with E-state index in [0.29, 0.717) is 0 Å². The van der Waals surface area contributed by atoms with Crippen LogP contribution in [0.25, 0.3) is 0 Å². The molecule has 0 radical (unpaired) electrons.